The van der Waals surface area contributed by atoms with Crippen molar-refractivity contribution in [2.75, 3.05) is 5.32 Å². The number of hydrogen-bond acceptors (Lipinski definition) is 5. The molecular formula is C22H22N4O3. The summed E-state index contributed by atoms with van der Waals surface area (Å²) in [4.78, 5) is 33.1. The number of ether oxygens (including phenoxy) is 1. The number of nitrogens with one attached hydrogen (secondary N) is 2. The summed E-state index contributed by atoms with van der Waals surface area (Å²) in [5.74, 6) is 0.0259. The lowest BCUT2D eigenvalue weighted by atomic mass is 10.2. The highest BCUT2D eigenvalue weighted by Crippen LogP contribution is 2.17. The molecule has 7 heteroatoms. The zero-order chi connectivity index (χ0) is 20.6. The summed E-state index contributed by atoms with van der Waals surface area (Å²) in [6.07, 6.45) is 3.17. The van der Waals surface area contributed by atoms with Gasteiger partial charge < -0.3 is 15.4 Å². The minimum Gasteiger partial charge on any atom is -0.491 e. The van der Waals surface area contributed by atoms with Crippen LogP contribution in [0.1, 0.15) is 40.4 Å². The molecule has 0 fully saturated rings. The second kappa shape index (κ2) is 9.45. The van der Waals surface area contributed by atoms with Gasteiger partial charge in [0.15, 0.2) is 0 Å². The van der Waals surface area contributed by atoms with Crippen molar-refractivity contribution in [3.8, 4) is 5.75 Å². The number of carbonyl (C=O) groups is 2. The molecule has 0 saturated carbocycles. The summed E-state index contributed by atoms with van der Waals surface area (Å²) >= 11 is 0. The van der Waals surface area contributed by atoms with Crippen LogP contribution in [0.25, 0.3) is 0 Å². The van der Waals surface area contributed by atoms with Gasteiger partial charge in [-0.05, 0) is 62.4 Å². The highest BCUT2D eigenvalue weighted by atomic mass is 16.5. The number of amides is 2. The summed E-state index contributed by atoms with van der Waals surface area (Å²) in [6.45, 7) is 4.18. The molecule has 2 aromatic heterocycles. The van der Waals surface area contributed by atoms with Crippen LogP contribution < -0.4 is 15.4 Å². The number of rotatable bonds is 7. The van der Waals surface area contributed by atoms with Gasteiger partial charge in [0.25, 0.3) is 11.8 Å². The Kier molecular flexibility index (Phi) is 6.52. The Morgan fingerprint density at radius 1 is 0.966 bits per heavy atom. The molecule has 0 atom stereocenters. The van der Waals surface area contributed by atoms with Crippen molar-refractivity contribution in [1.29, 1.82) is 0 Å². The molecule has 0 saturated heterocycles. The third-order valence-electron chi connectivity index (χ3n) is 3.89. The van der Waals surface area contributed by atoms with Crippen LogP contribution in [0.3, 0.4) is 0 Å². The molecule has 148 valence electrons. The molecular weight excluding hydrogens is 368 g/mol. The van der Waals surface area contributed by atoms with Crippen LogP contribution >= 0.6 is 0 Å². The lowest BCUT2D eigenvalue weighted by Gasteiger charge is -2.11. The highest BCUT2D eigenvalue weighted by Gasteiger charge is 2.12. The van der Waals surface area contributed by atoms with Crippen molar-refractivity contribution < 1.29 is 14.3 Å². The van der Waals surface area contributed by atoms with Crippen LogP contribution in [0.2, 0.25) is 0 Å². The van der Waals surface area contributed by atoms with Gasteiger partial charge in [-0.3, -0.25) is 19.6 Å². The number of hydrogen-bond donors (Lipinski definition) is 2. The van der Waals surface area contributed by atoms with Gasteiger partial charge in [0.2, 0.25) is 0 Å². The smallest absolute Gasteiger partial charge is 0.270 e. The zero-order valence-electron chi connectivity index (χ0n) is 16.3. The number of carbonyl (C=O) groups excluding carboxylic acids is 2. The molecule has 1 aromatic carbocycles. The molecule has 2 heterocycles. The first kappa shape index (κ1) is 20.0. The van der Waals surface area contributed by atoms with E-state index in [9.17, 15) is 9.59 Å². The number of benzene rings is 1. The van der Waals surface area contributed by atoms with Crippen LogP contribution in [0.4, 0.5) is 5.69 Å². The Morgan fingerprint density at radius 2 is 1.76 bits per heavy atom. The fraction of sp³-hybridized carbons (Fsp3) is 0.182. The summed E-state index contributed by atoms with van der Waals surface area (Å²) in [7, 11) is 0. The quantitative estimate of drug-likeness (QED) is 0.645. The molecule has 0 aliphatic carbocycles. The van der Waals surface area contributed by atoms with Crippen LogP contribution in [-0.4, -0.2) is 27.9 Å². The van der Waals surface area contributed by atoms with Crippen molar-refractivity contribution >= 4 is 17.5 Å². The summed E-state index contributed by atoms with van der Waals surface area (Å²) in [5.41, 5.74) is 1.86. The summed E-state index contributed by atoms with van der Waals surface area (Å²) < 4.78 is 5.59. The minimum absolute atomic E-state index is 0.0782. The van der Waals surface area contributed by atoms with Crippen LogP contribution in [0.5, 0.6) is 5.75 Å². The molecule has 0 unspecified atom stereocenters. The molecule has 0 aliphatic heterocycles. The van der Waals surface area contributed by atoms with Crippen molar-refractivity contribution in [3.63, 3.8) is 0 Å². The van der Waals surface area contributed by atoms with E-state index >= 15 is 0 Å². The second-order valence-corrected chi connectivity index (χ2v) is 6.58. The highest BCUT2D eigenvalue weighted by molar-refractivity contribution is 6.05. The van der Waals surface area contributed by atoms with E-state index in [1.54, 1.807) is 42.6 Å². The minimum atomic E-state index is -0.375. The second-order valence-electron chi connectivity index (χ2n) is 6.58. The average molecular weight is 390 g/mol. The van der Waals surface area contributed by atoms with E-state index in [2.05, 4.69) is 20.6 Å². The van der Waals surface area contributed by atoms with Gasteiger partial charge in [0.05, 0.1) is 18.3 Å². The van der Waals surface area contributed by atoms with Crippen molar-refractivity contribution in [2.24, 2.45) is 0 Å². The molecule has 0 spiro atoms. The third kappa shape index (κ3) is 5.87. The van der Waals surface area contributed by atoms with Gasteiger partial charge in [0, 0.05) is 23.6 Å². The first-order valence-electron chi connectivity index (χ1n) is 9.23. The van der Waals surface area contributed by atoms with Gasteiger partial charge in [-0.15, -0.1) is 0 Å². The predicted molar refractivity (Wildman–Crippen MR) is 110 cm³/mol. The van der Waals surface area contributed by atoms with Crippen LogP contribution in [0.15, 0.2) is 67.0 Å². The maximum atomic E-state index is 12.5. The Bertz CT molecular complexity index is 973. The first-order chi connectivity index (χ1) is 14.0. The number of aromatic nitrogens is 2. The molecule has 7 nitrogen and oxygen atoms in total. The molecule has 29 heavy (non-hydrogen) atoms. The Labute approximate surface area is 169 Å². The summed E-state index contributed by atoms with van der Waals surface area (Å²) in [6, 6.07) is 15.6. The fourth-order valence-electron chi connectivity index (χ4n) is 2.55. The Hall–Kier alpha value is -3.74. The van der Waals surface area contributed by atoms with E-state index in [1.807, 2.05) is 26.0 Å². The molecule has 2 N–H and O–H groups in total. The fourth-order valence-corrected chi connectivity index (χ4v) is 2.55. The summed E-state index contributed by atoms with van der Waals surface area (Å²) in [5, 5.41) is 5.54. The Balaban J connectivity index is 1.62. The largest absolute Gasteiger partial charge is 0.491 e. The number of pyridine rings is 2. The van der Waals surface area contributed by atoms with Gasteiger partial charge in [-0.25, -0.2) is 0 Å². The van der Waals surface area contributed by atoms with E-state index in [0.29, 0.717) is 11.3 Å². The molecule has 0 radical (unpaired) electrons. The van der Waals surface area contributed by atoms with Gasteiger partial charge in [-0.1, -0.05) is 6.07 Å². The topological polar surface area (TPSA) is 93.2 Å². The molecule has 3 rings (SSSR count). The molecule has 0 aliphatic rings. The van der Waals surface area contributed by atoms with Crippen molar-refractivity contribution in [2.45, 2.75) is 26.5 Å². The van der Waals surface area contributed by atoms with Gasteiger partial charge in [0.1, 0.15) is 11.4 Å². The zero-order valence-corrected chi connectivity index (χ0v) is 16.3. The maximum Gasteiger partial charge on any atom is 0.270 e. The normalized spacial score (nSPS) is 10.4. The predicted octanol–water partition coefficient (Wildman–Crippen LogP) is 3.45. The Morgan fingerprint density at radius 3 is 2.45 bits per heavy atom. The van der Waals surface area contributed by atoms with E-state index in [0.717, 1.165) is 11.4 Å². The van der Waals surface area contributed by atoms with Gasteiger partial charge >= 0.3 is 0 Å². The van der Waals surface area contributed by atoms with Crippen LogP contribution in [-0.2, 0) is 6.54 Å². The third-order valence-corrected chi connectivity index (χ3v) is 3.89. The lowest BCUT2D eigenvalue weighted by molar-refractivity contribution is 0.0945. The van der Waals surface area contributed by atoms with E-state index < -0.39 is 0 Å². The average Bonchev–Trinajstić information content (AvgIpc) is 2.74. The van der Waals surface area contributed by atoms with E-state index in [-0.39, 0.29) is 30.2 Å². The van der Waals surface area contributed by atoms with Crippen molar-refractivity contribution in [1.82, 2.24) is 15.3 Å². The van der Waals surface area contributed by atoms with Gasteiger partial charge in [-0.2, -0.15) is 0 Å². The standard InChI is InChI=1S/C22H22N4O3/c1-15(2)29-19-8-6-17(7-9-19)26-21(27)16-10-12-24-20(13-16)22(28)25-14-18-5-3-4-11-23-18/h3-13,15H,14H2,1-2H3,(H,25,28)(H,26,27). The lowest BCUT2D eigenvalue weighted by Crippen LogP contribution is -2.24. The first-order valence-corrected chi connectivity index (χ1v) is 9.23. The number of anilines is 1. The monoisotopic (exact) mass is 390 g/mol. The van der Waals surface area contributed by atoms with Crippen molar-refractivity contribution in [3.05, 3.63) is 83.9 Å². The van der Waals surface area contributed by atoms with E-state index in [1.165, 1.54) is 12.3 Å². The number of nitrogens with zero attached hydrogens (tertiary/aromatic N) is 2. The molecule has 0 bridgehead atoms. The maximum absolute atomic E-state index is 12.5. The SMILES string of the molecule is CC(C)Oc1ccc(NC(=O)c2ccnc(C(=O)NCc3ccccn3)c2)cc1. The molecule has 2 amide bonds. The van der Waals surface area contributed by atoms with Crippen LogP contribution in [0, 0.1) is 0 Å². The molecule has 3 aromatic rings. The van der Waals surface area contributed by atoms with E-state index in [4.69, 9.17) is 4.74 Å².